The van der Waals surface area contributed by atoms with Crippen LogP contribution in [0.5, 0.6) is 0 Å². The summed E-state index contributed by atoms with van der Waals surface area (Å²) in [5, 5.41) is 17.9. The zero-order chi connectivity index (χ0) is 6.85. The maximum Gasteiger partial charge on any atom is 0.282 e. The molecule has 0 amide bonds. The van der Waals surface area contributed by atoms with Gasteiger partial charge in [0.2, 0.25) is 0 Å². The van der Waals surface area contributed by atoms with E-state index in [2.05, 4.69) is 9.24 Å². The largest absolute Gasteiger partial charge is 0.481 e. The molecule has 3 heteroatoms. The summed E-state index contributed by atoms with van der Waals surface area (Å²) < 4.78 is 0. The van der Waals surface area contributed by atoms with Gasteiger partial charge in [0.1, 0.15) is 0 Å². The second-order valence-electron chi connectivity index (χ2n) is 1.72. The molecule has 0 aromatic rings. The van der Waals surface area contributed by atoms with Crippen molar-refractivity contribution in [2.45, 2.75) is 0 Å². The van der Waals surface area contributed by atoms with E-state index in [0.717, 1.165) is 5.31 Å². The summed E-state index contributed by atoms with van der Waals surface area (Å²) in [4.78, 5) is 0. The third-order valence-electron chi connectivity index (χ3n) is 1.09. The van der Waals surface area contributed by atoms with Gasteiger partial charge >= 0.3 is 0 Å². The van der Waals surface area contributed by atoms with Crippen molar-refractivity contribution >= 4 is 9.24 Å². The third-order valence-corrected chi connectivity index (χ3v) is 1.59. The van der Waals surface area contributed by atoms with Gasteiger partial charge in [-0.25, -0.2) is 0 Å². The Hall–Kier alpha value is -0.750. The van der Waals surface area contributed by atoms with Gasteiger partial charge < -0.3 is 10.2 Å². The minimum Gasteiger partial charge on any atom is -0.481 e. The van der Waals surface area contributed by atoms with Crippen LogP contribution in [0.25, 0.3) is 0 Å². The molecule has 1 aliphatic carbocycles. The maximum absolute atomic E-state index is 8.55. The smallest absolute Gasteiger partial charge is 0.282 e. The van der Waals surface area contributed by atoms with E-state index in [-0.39, 0.29) is 0 Å². The van der Waals surface area contributed by atoms with E-state index < -0.39 is 5.95 Å². The first-order chi connectivity index (χ1) is 4.22. The zero-order valence-electron chi connectivity index (χ0n) is 4.70. The Balaban J connectivity index is 3.00. The maximum atomic E-state index is 8.55. The van der Waals surface area contributed by atoms with Gasteiger partial charge in [-0.1, -0.05) is 12.2 Å². The van der Waals surface area contributed by atoms with Crippen molar-refractivity contribution in [3.63, 3.8) is 0 Å². The zero-order valence-corrected chi connectivity index (χ0v) is 5.86. The van der Waals surface area contributed by atoms with Crippen LogP contribution in [0, 0.1) is 0 Å². The Bertz CT molecular complexity index is 209. The first kappa shape index (κ1) is 6.37. The predicted molar refractivity (Wildman–Crippen MR) is 39.2 cm³/mol. The van der Waals surface area contributed by atoms with Crippen LogP contribution in [0.4, 0.5) is 0 Å². The SMILES string of the molecule is OC(O)=C1C=CC=C1P. The molecule has 0 saturated heterocycles. The van der Waals surface area contributed by atoms with Gasteiger partial charge in [-0.2, -0.15) is 0 Å². The molecule has 1 atom stereocenters. The summed E-state index contributed by atoms with van der Waals surface area (Å²) in [6, 6.07) is 0. The molecule has 1 aliphatic rings. The number of hydrogen-bond acceptors (Lipinski definition) is 2. The molecule has 9 heavy (non-hydrogen) atoms. The lowest BCUT2D eigenvalue weighted by molar-refractivity contribution is 0.188. The quantitative estimate of drug-likeness (QED) is 0.398. The van der Waals surface area contributed by atoms with Crippen LogP contribution < -0.4 is 0 Å². The molecule has 1 unspecified atom stereocenters. The second-order valence-corrected chi connectivity index (χ2v) is 2.34. The molecule has 0 heterocycles. The average Bonchev–Trinajstić information content (AvgIpc) is 2.13. The lowest BCUT2D eigenvalue weighted by Gasteiger charge is -1.94. The molecule has 0 radical (unpaired) electrons. The van der Waals surface area contributed by atoms with Crippen LogP contribution in [0.3, 0.4) is 0 Å². The highest BCUT2D eigenvalue weighted by Gasteiger charge is 2.05. The van der Waals surface area contributed by atoms with Gasteiger partial charge in [0, 0.05) is 0 Å². The first-order valence-electron chi connectivity index (χ1n) is 2.48. The lowest BCUT2D eigenvalue weighted by Crippen LogP contribution is -1.83. The van der Waals surface area contributed by atoms with Gasteiger partial charge in [-0.15, -0.1) is 9.24 Å². The van der Waals surface area contributed by atoms with Crippen LogP contribution in [0.2, 0.25) is 0 Å². The van der Waals surface area contributed by atoms with E-state index in [4.69, 9.17) is 10.2 Å². The van der Waals surface area contributed by atoms with Gasteiger partial charge in [0.25, 0.3) is 5.95 Å². The molecule has 0 aromatic heterocycles. The topological polar surface area (TPSA) is 40.5 Å². The first-order valence-corrected chi connectivity index (χ1v) is 3.06. The summed E-state index contributed by atoms with van der Waals surface area (Å²) in [5.41, 5.74) is 0.472. The van der Waals surface area contributed by atoms with Crippen molar-refractivity contribution in [3.8, 4) is 0 Å². The third kappa shape index (κ3) is 1.14. The molecule has 0 aromatic carbocycles. The molecule has 0 aliphatic heterocycles. The summed E-state index contributed by atoms with van der Waals surface area (Å²) >= 11 is 0. The van der Waals surface area contributed by atoms with Gasteiger partial charge in [0.05, 0.1) is 5.57 Å². The molecular formula is C6H7O2P. The molecule has 0 bridgehead atoms. The van der Waals surface area contributed by atoms with E-state index in [1.807, 2.05) is 0 Å². The van der Waals surface area contributed by atoms with Crippen molar-refractivity contribution < 1.29 is 10.2 Å². The van der Waals surface area contributed by atoms with Crippen molar-refractivity contribution in [2.75, 3.05) is 0 Å². The van der Waals surface area contributed by atoms with Crippen LogP contribution in [-0.2, 0) is 0 Å². The van der Waals surface area contributed by atoms with Gasteiger partial charge in [0.15, 0.2) is 0 Å². The van der Waals surface area contributed by atoms with Crippen molar-refractivity contribution in [3.05, 3.63) is 35.1 Å². The Morgan fingerprint density at radius 1 is 1.44 bits per heavy atom. The number of rotatable bonds is 0. The molecular weight excluding hydrogens is 135 g/mol. The van der Waals surface area contributed by atoms with Crippen LogP contribution in [0.1, 0.15) is 0 Å². The standard InChI is InChI=1S/C6H7O2P/c7-6(8)4-2-1-3-5(4)9/h1-3,7-8H,9H2. The molecule has 0 saturated carbocycles. The fraction of sp³-hybridized carbons (Fsp3) is 0. The second kappa shape index (κ2) is 2.24. The predicted octanol–water partition coefficient (Wildman–Crippen LogP) is 1.64. The van der Waals surface area contributed by atoms with E-state index in [1.54, 1.807) is 18.2 Å². The normalized spacial score (nSPS) is 16.1. The highest BCUT2D eigenvalue weighted by molar-refractivity contribution is 7.23. The molecule has 0 fully saturated rings. The highest BCUT2D eigenvalue weighted by atomic mass is 31.0. The summed E-state index contributed by atoms with van der Waals surface area (Å²) in [6.07, 6.45) is 5.17. The Kier molecular flexibility index (Phi) is 1.58. The highest BCUT2D eigenvalue weighted by Crippen LogP contribution is 2.24. The Labute approximate surface area is 55.4 Å². The molecule has 1 rings (SSSR count). The number of aliphatic hydroxyl groups is 2. The minimum absolute atomic E-state index is 0.472. The number of hydrogen-bond donors (Lipinski definition) is 2. The van der Waals surface area contributed by atoms with E-state index in [0.29, 0.717) is 5.57 Å². The molecule has 0 spiro atoms. The minimum atomic E-state index is -0.620. The molecule has 2 N–H and O–H groups in total. The molecule has 48 valence electrons. The fourth-order valence-corrected chi connectivity index (χ4v) is 0.974. The average molecular weight is 142 g/mol. The van der Waals surface area contributed by atoms with Crippen LogP contribution in [0.15, 0.2) is 35.1 Å². The van der Waals surface area contributed by atoms with E-state index >= 15 is 0 Å². The monoisotopic (exact) mass is 142 g/mol. The van der Waals surface area contributed by atoms with Crippen molar-refractivity contribution in [2.24, 2.45) is 0 Å². The lowest BCUT2D eigenvalue weighted by atomic mass is 10.3. The van der Waals surface area contributed by atoms with E-state index in [1.165, 1.54) is 0 Å². The number of aliphatic hydroxyl groups excluding tert-OH is 1. The van der Waals surface area contributed by atoms with Crippen LogP contribution >= 0.6 is 9.24 Å². The molecule has 2 nitrogen and oxygen atoms in total. The van der Waals surface area contributed by atoms with Gasteiger partial charge in [-0.3, -0.25) is 0 Å². The fourth-order valence-electron chi connectivity index (χ4n) is 0.638. The van der Waals surface area contributed by atoms with Crippen molar-refractivity contribution in [1.29, 1.82) is 0 Å². The number of allylic oxidation sites excluding steroid dienone is 5. The van der Waals surface area contributed by atoms with Crippen LogP contribution in [-0.4, -0.2) is 10.2 Å². The Morgan fingerprint density at radius 2 is 2.11 bits per heavy atom. The summed E-state index contributed by atoms with van der Waals surface area (Å²) in [5.74, 6) is -0.620. The summed E-state index contributed by atoms with van der Waals surface area (Å²) in [7, 11) is 2.40. The van der Waals surface area contributed by atoms with E-state index in [9.17, 15) is 0 Å². The van der Waals surface area contributed by atoms with Gasteiger partial charge in [-0.05, 0) is 11.4 Å². The Morgan fingerprint density at radius 3 is 2.33 bits per heavy atom. The van der Waals surface area contributed by atoms with Crippen molar-refractivity contribution in [1.82, 2.24) is 0 Å². The summed E-state index contributed by atoms with van der Waals surface area (Å²) in [6.45, 7) is 0.